The number of phenols is 1. The van der Waals surface area contributed by atoms with Crippen LogP contribution in [0.5, 0.6) is 5.75 Å². The molecule has 1 aliphatic heterocycles. The molecule has 0 saturated carbocycles. The van der Waals surface area contributed by atoms with Gasteiger partial charge in [0.1, 0.15) is 17.9 Å². The van der Waals surface area contributed by atoms with Crippen LogP contribution in [0.2, 0.25) is 0 Å². The zero-order valence-corrected chi connectivity index (χ0v) is 11.5. The van der Waals surface area contributed by atoms with E-state index in [0.29, 0.717) is 5.58 Å². The van der Waals surface area contributed by atoms with Gasteiger partial charge in [0.2, 0.25) is 0 Å². The van der Waals surface area contributed by atoms with Crippen LogP contribution in [0, 0.1) is 0 Å². The third kappa shape index (κ3) is 2.85. The monoisotopic (exact) mass is 274 g/mol. The summed E-state index contributed by atoms with van der Waals surface area (Å²) in [5, 5.41) is 10.5. The molecule has 0 spiro atoms. The molecule has 1 fully saturated rings. The number of nitrogens with one attached hydrogen (secondary N) is 1. The van der Waals surface area contributed by atoms with Gasteiger partial charge in [0.15, 0.2) is 0 Å². The van der Waals surface area contributed by atoms with Crippen molar-refractivity contribution in [3.05, 3.63) is 40.2 Å². The first-order valence-corrected chi connectivity index (χ1v) is 7.32. The van der Waals surface area contributed by atoms with Crippen molar-refractivity contribution in [2.45, 2.75) is 32.2 Å². The summed E-state index contributed by atoms with van der Waals surface area (Å²) in [6, 6.07) is 6.46. The van der Waals surface area contributed by atoms with Crippen molar-refractivity contribution in [1.82, 2.24) is 0 Å². The first-order chi connectivity index (χ1) is 9.72. The van der Waals surface area contributed by atoms with E-state index in [1.807, 2.05) is 0 Å². The van der Waals surface area contributed by atoms with Gasteiger partial charge < -0.3 is 14.4 Å². The lowest BCUT2D eigenvalue weighted by molar-refractivity contribution is -0.913. The summed E-state index contributed by atoms with van der Waals surface area (Å²) in [6.45, 7) is 3.13. The lowest BCUT2D eigenvalue weighted by Crippen LogP contribution is -3.10. The summed E-state index contributed by atoms with van der Waals surface area (Å²) in [7, 11) is 0. The van der Waals surface area contributed by atoms with E-state index in [0.717, 1.165) is 30.6 Å². The van der Waals surface area contributed by atoms with Crippen LogP contribution in [-0.4, -0.2) is 18.2 Å². The summed E-state index contributed by atoms with van der Waals surface area (Å²) >= 11 is 0. The van der Waals surface area contributed by atoms with Crippen molar-refractivity contribution in [3.63, 3.8) is 0 Å². The Morgan fingerprint density at radius 2 is 1.85 bits per heavy atom. The topological polar surface area (TPSA) is 54.9 Å². The number of hydrogen-bond acceptors (Lipinski definition) is 3. The van der Waals surface area contributed by atoms with Gasteiger partial charge in [-0.2, -0.15) is 0 Å². The lowest BCUT2D eigenvalue weighted by atomic mass is 10.1. The Morgan fingerprint density at radius 1 is 1.10 bits per heavy atom. The summed E-state index contributed by atoms with van der Waals surface area (Å²) < 4.78 is 5.20. The molecule has 0 unspecified atom stereocenters. The molecule has 1 aromatic carbocycles. The van der Waals surface area contributed by atoms with Gasteiger partial charge in [0, 0.05) is 17.0 Å². The van der Waals surface area contributed by atoms with Crippen molar-refractivity contribution in [2.75, 3.05) is 13.1 Å². The number of phenolic OH excluding ortho intramolecular Hbond substituents is 1. The fraction of sp³-hybridized carbons (Fsp3) is 0.438. The smallest absolute Gasteiger partial charge is 0.336 e. The molecule has 0 aliphatic carbocycles. The molecular formula is C16H20NO3+. The van der Waals surface area contributed by atoms with Gasteiger partial charge in [-0.25, -0.2) is 4.79 Å². The van der Waals surface area contributed by atoms with E-state index < -0.39 is 0 Å². The van der Waals surface area contributed by atoms with E-state index in [1.165, 1.54) is 30.6 Å². The van der Waals surface area contributed by atoms with Gasteiger partial charge in [-0.1, -0.05) is 0 Å². The Balaban J connectivity index is 1.96. The third-order valence-electron chi connectivity index (χ3n) is 4.06. The zero-order chi connectivity index (χ0) is 13.9. The SMILES string of the molecule is O=c1cc(C[NH+]2CCCCCC2)c2cc(O)ccc2o1. The Labute approximate surface area is 117 Å². The molecule has 1 saturated heterocycles. The minimum Gasteiger partial charge on any atom is -0.508 e. The summed E-state index contributed by atoms with van der Waals surface area (Å²) in [5.74, 6) is 0.207. The number of fused-ring (bicyclic) bond motifs is 1. The van der Waals surface area contributed by atoms with Gasteiger partial charge in [0.05, 0.1) is 13.1 Å². The number of aromatic hydroxyl groups is 1. The van der Waals surface area contributed by atoms with Crippen LogP contribution < -0.4 is 10.5 Å². The van der Waals surface area contributed by atoms with Crippen LogP contribution in [-0.2, 0) is 6.54 Å². The maximum atomic E-state index is 11.7. The molecule has 20 heavy (non-hydrogen) atoms. The Kier molecular flexibility index (Phi) is 3.74. The molecule has 0 atom stereocenters. The molecule has 4 heteroatoms. The van der Waals surface area contributed by atoms with E-state index in [1.54, 1.807) is 24.3 Å². The van der Waals surface area contributed by atoms with Crippen LogP contribution in [0.3, 0.4) is 0 Å². The first-order valence-electron chi connectivity index (χ1n) is 7.32. The van der Waals surface area contributed by atoms with E-state index in [4.69, 9.17) is 4.42 Å². The normalized spacial score (nSPS) is 17.2. The fourth-order valence-electron chi connectivity index (χ4n) is 3.04. The summed E-state index contributed by atoms with van der Waals surface area (Å²) in [6.07, 6.45) is 5.11. The molecule has 3 rings (SSSR count). The van der Waals surface area contributed by atoms with Crippen molar-refractivity contribution in [3.8, 4) is 5.75 Å². The molecule has 106 valence electrons. The van der Waals surface area contributed by atoms with Crippen molar-refractivity contribution >= 4 is 11.0 Å². The molecule has 1 aliphatic rings. The minimum atomic E-state index is -0.313. The maximum absolute atomic E-state index is 11.7. The maximum Gasteiger partial charge on any atom is 0.336 e. The van der Waals surface area contributed by atoms with Crippen LogP contribution in [0.4, 0.5) is 0 Å². The highest BCUT2D eigenvalue weighted by Crippen LogP contribution is 2.21. The predicted octanol–water partition coefficient (Wildman–Crippen LogP) is 1.46. The van der Waals surface area contributed by atoms with Gasteiger partial charge in [-0.05, 0) is 43.9 Å². The highest BCUT2D eigenvalue weighted by Gasteiger charge is 2.16. The van der Waals surface area contributed by atoms with E-state index in [2.05, 4.69) is 0 Å². The van der Waals surface area contributed by atoms with Gasteiger partial charge in [-0.15, -0.1) is 0 Å². The number of rotatable bonds is 2. The van der Waals surface area contributed by atoms with Crippen molar-refractivity contribution in [1.29, 1.82) is 0 Å². The third-order valence-corrected chi connectivity index (χ3v) is 4.06. The largest absolute Gasteiger partial charge is 0.508 e. The van der Waals surface area contributed by atoms with Crippen LogP contribution in [0.25, 0.3) is 11.0 Å². The standard InChI is InChI=1S/C16H19NO3/c18-13-5-6-15-14(10-13)12(9-16(19)20-15)11-17-7-3-1-2-4-8-17/h5-6,9-10,18H,1-4,7-8,11H2/p+1. The fourth-order valence-corrected chi connectivity index (χ4v) is 3.04. The molecule has 4 nitrogen and oxygen atoms in total. The second-order valence-corrected chi connectivity index (χ2v) is 5.61. The van der Waals surface area contributed by atoms with Gasteiger partial charge >= 0.3 is 5.63 Å². The second kappa shape index (κ2) is 5.67. The quantitative estimate of drug-likeness (QED) is 0.815. The first kappa shape index (κ1) is 13.2. The number of likely N-dealkylation sites (tertiary alicyclic amines) is 1. The molecule has 0 radical (unpaired) electrons. The summed E-state index contributed by atoms with van der Waals surface area (Å²) in [5.41, 5.74) is 1.22. The summed E-state index contributed by atoms with van der Waals surface area (Å²) in [4.78, 5) is 13.2. The Bertz CT molecular complexity index is 654. The zero-order valence-electron chi connectivity index (χ0n) is 11.5. The van der Waals surface area contributed by atoms with E-state index in [9.17, 15) is 9.90 Å². The Morgan fingerprint density at radius 3 is 2.60 bits per heavy atom. The molecule has 2 N–H and O–H groups in total. The molecule has 0 amide bonds. The second-order valence-electron chi connectivity index (χ2n) is 5.61. The van der Waals surface area contributed by atoms with E-state index >= 15 is 0 Å². The van der Waals surface area contributed by atoms with E-state index in [-0.39, 0.29) is 11.4 Å². The highest BCUT2D eigenvalue weighted by atomic mass is 16.4. The average Bonchev–Trinajstić information content (AvgIpc) is 2.68. The lowest BCUT2D eigenvalue weighted by Gasteiger charge is -2.17. The molecule has 2 heterocycles. The molecular weight excluding hydrogens is 254 g/mol. The van der Waals surface area contributed by atoms with Crippen molar-refractivity contribution in [2.24, 2.45) is 0 Å². The number of benzene rings is 1. The molecule has 2 aromatic rings. The van der Waals surface area contributed by atoms with Crippen LogP contribution in [0.15, 0.2) is 33.5 Å². The number of hydrogen-bond donors (Lipinski definition) is 2. The van der Waals surface area contributed by atoms with Crippen LogP contribution >= 0.6 is 0 Å². The minimum absolute atomic E-state index is 0.207. The highest BCUT2D eigenvalue weighted by molar-refractivity contribution is 5.81. The van der Waals surface area contributed by atoms with Crippen molar-refractivity contribution < 1.29 is 14.4 Å². The van der Waals surface area contributed by atoms with Gasteiger partial charge in [0.25, 0.3) is 0 Å². The van der Waals surface area contributed by atoms with Gasteiger partial charge in [-0.3, -0.25) is 0 Å². The Hall–Kier alpha value is -1.81. The average molecular weight is 274 g/mol. The van der Waals surface area contributed by atoms with Crippen LogP contribution in [0.1, 0.15) is 31.2 Å². The molecule has 1 aromatic heterocycles. The molecule has 0 bridgehead atoms. The number of quaternary nitrogens is 1. The predicted molar refractivity (Wildman–Crippen MR) is 77.0 cm³/mol.